The molecule has 11 nitrogen and oxygen atoms in total. The molecule has 6 aromatic carbocycles. The molecule has 1 aliphatic rings. The van der Waals surface area contributed by atoms with E-state index in [2.05, 4.69) is 6.58 Å². The van der Waals surface area contributed by atoms with Gasteiger partial charge in [0.1, 0.15) is 28.7 Å². The molecule has 6 aromatic rings. The molecule has 0 aromatic heterocycles. The fraction of sp³-hybridized carbons (Fsp3) is 0. The van der Waals surface area contributed by atoms with E-state index < -0.39 is 28.9 Å². The van der Waals surface area contributed by atoms with Crippen LogP contribution in [0.3, 0.4) is 0 Å². The van der Waals surface area contributed by atoms with Crippen molar-refractivity contribution in [1.82, 2.24) is 0 Å². The molecule has 1 unspecified atom stereocenters. The molecule has 0 N–H and O–H groups in total. The Morgan fingerprint density at radius 2 is 0.660 bits per heavy atom. The molecule has 0 amide bonds. The van der Waals surface area contributed by atoms with Crippen LogP contribution >= 0.6 is 23.0 Å². The van der Waals surface area contributed by atoms with Gasteiger partial charge >= 0.3 is 28.9 Å². The number of ether oxygens (including phenoxy) is 1. The average Bonchev–Trinajstić information content (AvgIpc) is 3.17. The number of benzene rings is 6. The standard InChI is InChI=1S/C39H32N3O8P3/c1-2-39(43)44-37-30-18-19-31-38(37)50-53(49-36-28-16-7-17-29-36)41-51(45-32-20-8-3-9-21-32,46-33-22-10-4-11-23-33)40-52(42-53,47-34-24-12-5-13-25-34)48-35-26-14-6-15-27-35/h2-31H,1H2. The molecule has 53 heavy (non-hydrogen) atoms. The summed E-state index contributed by atoms with van der Waals surface area (Å²) in [5, 5.41) is 0. The maximum atomic E-state index is 12.5. The Labute approximate surface area is 307 Å². The lowest BCUT2D eigenvalue weighted by Gasteiger charge is -2.33. The highest BCUT2D eigenvalue weighted by molar-refractivity contribution is 7.79. The van der Waals surface area contributed by atoms with Crippen LogP contribution in [0.1, 0.15) is 0 Å². The van der Waals surface area contributed by atoms with Crippen molar-refractivity contribution in [2.75, 3.05) is 0 Å². The molecule has 0 saturated heterocycles. The van der Waals surface area contributed by atoms with Crippen LogP contribution in [-0.4, -0.2) is 5.97 Å². The topological polar surface area (TPSA) is 119 Å². The van der Waals surface area contributed by atoms with E-state index in [-0.39, 0.29) is 11.5 Å². The van der Waals surface area contributed by atoms with Crippen LogP contribution in [-0.2, 0) is 4.79 Å². The molecule has 1 atom stereocenters. The van der Waals surface area contributed by atoms with Crippen LogP contribution < -0.4 is 31.9 Å². The molecule has 0 aliphatic carbocycles. The Kier molecular flexibility index (Phi) is 10.8. The summed E-state index contributed by atoms with van der Waals surface area (Å²) >= 11 is 0. The van der Waals surface area contributed by atoms with Crippen molar-refractivity contribution in [3.63, 3.8) is 0 Å². The summed E-state index contributed by atoms with van der Waals surface area (Å²) in [5.74, 6) is 1.36. The minimum absolute atomic E-state index is 0.0649. The van der Waals surface area contributed by atoms with E-state index in [1.165, 1.54) is 0 Å². The Morgan fingerprint density at radius 3 is 0.962 bits per heavy atom. The highest BCUT2D eigenvalue weighted by atomic mass is 31.3. The highest BCUT2D eigenvalue weighted by Gasteiger charge is 2.49. The molecule has 0 spiro atoms. The lowest BCUT2D eigenvalue weighted by atomic mass is 10.3. The van der Waals surface area contributed by atoms with E-state index in [0.717, 1.165) is 6.08 Å². The molecule has 1 aliphatic heterocycles. The largest absolute Gasteiger partial charge is 0.461 e. The van der Waals surface area contributed by atoms with Crippen molar-refractivity contribution in [3.05, 3.63) is 189 Å². The van der Waals surface area contributed by atoms with E-state index in [4.69, 9.17) is 45.4 Å². The molecule has 0 saturated carbocycles. The maximum absolute atomic E-state index is 12.5. The minimum atomic E-state index is -4.17. The van der Waals surface area contributed by atoms with Crippen molar-refractivity contribution in [3.8, 4) is 40.2 Å². The number of esters is 1. The van der Waals surface area contributed by atoms with Crippen LogP contribution in [0.4, 0.5) is 0 Å². The van der Waals surface area contributed by atoms with Crippen molar-refractivity contribution in [2.45, 2.75) is 0 Å². The first-order valence-corrected chi connectivity index (χ1v) is 20.8. The van der Waals surface area contributed by atoms with Gasteiger partial charge in [0.25, 0.3) is 0 Å². The van der Waals surface area contributed by atoms with E-state index >= 15 is 0 Å². The van der Waals surface area contributed by atoms with Gasteiger partial charge in [-0.25, -0.2) is 4.79 Å². The third-order valence-corrected chi connectivity index (χ3v) is 15.1. The summed E-state index contributed by atoms with van der Waals surface area (Å²) in [6.07, 6.45) is 1.05. The first-order valence-electron chi connectivity index (χ1n) is 16.2. The Morgan fingerprint density at radius 1 is 0.396 bits per heavy atom. The summed E-state index contributed by atoms with van der Waals surface area (Å²) in [7, 11) is -12.3. The van der Waals surface area contributed by atoms with Crippen LogP contribution in [0.5, 0.6) is 40.2 Å². The van der Waals surface area contributed by atoms with Gasteiger partial charge in [0.2, 0.25) is 0 Å². The Bertz CT molecular complexity index is 2170. The molecular weight excluding hydrogens is 731 g/mol. The first kappa shape index (κ1) is 35.4. The number of carbonyl (C=O) groups is 1. The molecule has 7 rings (SSSR count). The van der Waals surface area contributed by atoms with Gasteiger partial charge in [-0.2, -0.15) is 0 Å². The molecule has 14 heteroatoms. The highest BCUT2D eigenvalue weighted by Crippen LogP contribution is 2.78. The lowest BCUT2D eigenvalue weighted by Crippen LogP contribution is -2.12. The monoisotopic (exact) mass is 763 g/mol. The molecule has 266 valence electrons. The predicted molar refractivity (Wildman–Crippen MR) is 206 cm³/mol. The third kappa shape index (κ3) is 9.09. The second-order valence-electron chi connectivity index (χ2n) is 10.9. The SMILES string of the molecule is C=CC(=O)Oc1ccccc1OP1(Oc2ccccc2)=NP(Oc2ccccc2)(Oc2ccccc2)=NP(Oc2ccccc2)(Oc2ccccc2)=N1. The van der Waals surface area contributed by atoms with E-state index in [1.807, 2.05) is 78.9 Å². The predicted octanol–water partition coefficient (Wildman–Crippen LogP) is 12.4. The summed E-state index contributed by atoms with van der Waals surface area (Å²) in [6.45, 7) is 3.53. The zero-order valence-electron chi connectivity index (χ0n) is 28.0. The van der Waals surface area contributed by atoms with E-state index in [9.17, 15) is 4.79 Å². The quantitative estimate of drug-likeness (QED) is 0.0465. The Balaban J connectivity index is 1.56. The van der Waals surface area contributed by atoms with Crippen LogP contribution in [0.25, 0.3) is 0 Å². The molecule has 1 heterocycles. The number of carbonyl (C=O) groups excluding carboxylic acids is 1. The van der Waals surface area contributed by atoms with Crippen LogP contribution in [0.15, 0.2) is 202 Å². The molecule has 0 bridgehead atoms. The summed E-state index contributed by atoms with van der Waals surface area (Å²) in [5.41, 5.74) is 0. The van der Waals surface area contributed by atoms with Crippen molar-refractivity contribution in [1.29, 1.82) is 0 Å². The fourth-order valence-corrected chi connectivity index (χ4v) is 13.8. The van der Waals surface area contributed by atoms with Crippen LogP contribution in [0, 0.1) is 0 Å². The minimum Gasteiger partial charge on any atom is -0.419 e. The number of hydrogen-bond acceptors (Lipinski definition) is 11. The summed E-state index contributed by atoms with van der Waals surface area (Å²) in [4.78, 5) is 12.5. The Hall–Kier alpha value is -5.98. The lowest BCUT2D eigenvalue weighted by molar-refractivity contribution is -0.129. The van der Waals surface area contributed by atoms with Gasteiger partial charge in [-0.15, -0.1) is 0 Å². The smallest absolute Gasteiger partial charge is 0.419 e. The second-order valence-corrected chi connectivity index (χ2v) is 17.1. The average molecular weight is 764 g/mol. The van der Waals surface area contributed by atoms with Crippen molar-refractivity contribution in [2.24, 2.45) is 13.5 Å². The van der Waals surface area contributed by atoms with Gasteiger partial charge < -0.3 is 31.9 Å². The number of para-hydroxylation sites is 7. The molecule has 0 radical (unpaired) electrons. The molecular formula is C39H32N3O8P3. The normalized spacial score (nSPS) is 16.5. The number of rotatable bonds is 14. The van der Waals surface area contributed by atoms with Gasteiger partial charge in [0.05, 0.1) is 0 Å². The van der Waals surface area contributed by atoms with Crippen LogP contribution in [0.2, 0.25) is 0 Å². The van der Waals surface area contributed by atoms with Gasteiger partial charge in [0, 0.05) is 6.08 Å². The number of nitrogens with zero attached hydrogens (tertiary/aromatic N) is 3. The van der Waals surface area contributed by atoms with Crippen molar-refractivity contribution < 1.29 is 36.7 Å². The number of hydrogen-bond donors (Lipinski definition) is 0. The third-order valence-electron chi connectivity index (χ3n) is 6.96. The molecule has 0 fully saturated rings. The van der Waals surface area contributed by atoms with Crippen molar-refractivity contribution >= 4 is 28.9 Å². The van der Waals surface area contributed by atoms with Gasteiger partial charge in [0.15, 0.2) is 11.5 Å². The maximum Gasteiger partial charge on any atom is 0.461 e. The summed E-state index contributed by atoms with van der Waals surface area (Å²) in [6, 6.07) is 51.5. The van der Waals surface area contributed by atoms with Gasteiger partial charge in [-0.1, -0.05) is 123 Å². The summed E-state index contributed by atoms with van der Waals surface area (Å²) < 4.78 is 61.6. The zero-order chi connectivity index (χ0) is 36.4. The first-order chi connectivity index (χ1) is 25.9. The van der Waals surface area contributed by atoms with E-state index in [0.29, 0.717) is 28.7 Å². The fourth-order valence-electron chi connectivity index (χ4n) is 4.74. The zero-order valence-corrected chi connectivity index (χ0v) is 30.7. The van der Waals surface area contributed by atoms with Gasteiger partial charge in [-0.05, 0) is 72.8 Å². The second kappa shape index (κ2) is 16.1. The van der Waals surface area contributed by atoms with E-state index in [1.54, 1.807) is 97.1 Å². The van der Waals surface area contributed by atoms with Gasteiger partial charge in [-0.3, -0.25) is 0 Å².